The molecule has 0 fully saturated rings. The first kappa shape index (κ1) is 15.9. The number of aliphatic hydroxyl groups excluding tert-OH is 1. The van der Waals surface area contributed by atoms with Gasteiger partial charge >= 0.3 is 0 Å². The minimum absolute atomic E-state index is 0.198. The smallest absolute Gasteiger partial charge is 0.160 e. The van der Waals surface area contributed by atoms with E-state index < -0.39 is 29.1 Å². The Balaban J connectivity index is 2.13. The molecule has 1 unspecified atom stereocenters. The molecule has 0 amide bonds. The molecule has 0 bridgehead atoms. The van der Waals surface area contributed by atoms with E-state index in [1.165, 1.54) is 18.2 Å². The largest absolute Gasteiger partial charge is 0.386 e. The van der Waals surface area contributed by atoms with E-state index in [0.29, 0.717) is 5.69 Å². The van der Waals surface area contributed by atoms with Crippen LogP contribution < -0.4 is 5.32 Å². The van der Waals surface area contributed by atoms with Gasteiger partial charge in [-0.2, -0.15) is 0 Å². The third kappa shape index (κ3) is 3.61. The topological polar surface area (TPSA) is 32.3 Å². The van der Waals surface area contributed by atoms with E-state index in [0.717, 1.165) is 12.1 Å². The predicted molar refractivity (Wildman–Crippen MR) is 76.2 cm³/mol. The van der Waals surface area contributed by atoms with E-state index in [9.17, 15) is 18.3 Å². The van der Waals surface area contributed by atoms with Crippen molar-refractivity contribution >= 4 is 28.9 Å². The minimum atomic E-state index is -1.42. The van der Waals surface area contributed by atoms with E-state index >= 15 is 0 Å². The molecule has 0 heterocycles. The number of rotatable bonds is 4. The van der Waals surface area contributed by atoms with Crippen LogP contribution in [0.3, 0.4) is 0 Å². The third-order valence-electron chi connectivity index (χ3n) is 2.82. The quantitative estimate of drug-likeness (QED) is 0.803. The Hall–Kier alpha value is -1.43. The summed E-state index contributed by atoms with van der Waals surface area (Å²) in [6.07, 6.45) is -1.42. The van der Waals surface area contributed by atoms with Gasteiger partial charge in [0.1, 0.15) is 17.7 Å². The van der Waals surface area contributed by atoms with E-state index in [1.54, 1.807) is 0 Å². The van der Waals surface area contributed by atoms with Gasteiger partial charge in [0.15, 0.2) is 5.82 Å². The van der Waals surface area contributed by atoms with Gasteiger partial charge in [0, 0.05) is 12.2 Å². The normalized spacial score (nSPS) is 12.3. The number of hydrogen-bond donors (Lipinski definition) is 2. The van der Waals surface area contributed by atoms with Gasteiger partial charge in [-0.15, -0.1) is 0 Å². The van der Waals surface area contributed by atoms with Gasteiger partial charge in [0.05, 0.1) is 15.6 Å². The van der Waals surface area contributed by atoms with Crippen molar-refractivity contribution < 1.29 is 18.3 Å². The molecule has 0 aliphatic rings. The lowest BCUT2D eigenvalue weighted by Crippen LogP contribution is -2.15. The second-order valence-electron chi connectivity index (χ2n) is 4.29. The zero-order valence-electron chi connectivity index (χ0n) is 10.5. The van der Waals surface area contributed by atoms with Crippen LogP contribution in [0.2, 0.25) is 10.0 Å². The molecule has 21 heavy (non-hydrogen) atoms. The van der Waals surface area contributed by atoms with Crippen LogP contribution in [0.4, 0.5) is 18.9 Å². The van der Waals surface area contributed by atoms with Crippen LogP contribution in [-0.2, 0) is 0 Å². The molecule has 2 nitrogen and oxygen atoms in total. The zero-order chi connectivity index (χ0) is 15.6. The highest BCUT2D eigenvalue weighted by Gasteiger charge is 2.17. The van der Waals surface area contributed by atoms with E-state index in [1.807, 2.05) is 0 Å². The van der Waals surface area contributed by atoms with Crippen LogP contribution in [0.1, 0.15) is 11.7 Å². The summed E-state index contributed by atoms with van der Waals surface area (Å²) >= 11 is 11.2. The second-order valence-corrected chi connectivity index (χ2v) is 5.10. The van der Waals surface area contributed by atoms with Crippen LogP contribution in [-0.4, -0.2) is 11.7 Å². The molecule has 112 valence electrons. The van der Waals surface area contributed by atoms with Crippen molar-refractivity contribution in [2.24, 2.45) is 0 Å². The molecule has 7 heteroatoms. The van der Waals surface area contributed by atoms with Crippen molar-refractivity contribution in [3.8, 4) is 0 Å². The number of halogens is 5. The average molecular weight is 336 g/mol. The Kier molecular flexibility index (Phi) is 4.98. The van der Waals surface area contributed by atoms with Crippen molar-refractivity contribution in [2.45, 2.75) is 6.10 Å². The number of aliphatic hydroxyl groups is 1. The zero-order valence-corrected chi connectivity index (χ0v) is 12.0. The molecule has 0 spiro atoms. The second kappa shape index (κ2) is 6.56. The molecule has 2 N–H and O–H groups in total. The molecule has 0 aliphatic heterocycles. The van der Waals surface area contributed by atoms with Gasteiger partial charge in [0.25, 0.3) is 0 Å². The third-order valence-corrected chi connectivity index (χ3v) is 3.37. The van der Waals surface area contributed by atoms with Crippen molar-refractivity contribution in [2.75, 3.05) is 11.9 Å². The fraction of sp³-hybridized carbons (Fsp3) is 0.143. The summed E-state index contributed by atoms with van der Waals surface area (Å²) in [6.45, 7) is -0.198. The Bertz CT molecular complexity index is 623. The van der Waals surface area contributed by atoms with Gasteiger partial charge in [-0.3, -0.25) is 0 Å². The number of benzene rings is 2. The molecule has 0 radical (unpaired) electrons. The summed E-state index contributed by atoms with van der Waals surface area (Å²) in [5, 5.41) is 12.1. The lowest BCUT2D eigenvalue weighted by atomic mass is 10.1. The Morgan fingerprint density at radius 2 is 1.57 bits per heavy atom. The van der Waals surface area contributed by atoms with Crippen LogP contribution in [0.15, 0.2) is 30.3 Å². The summed E-state index contributed by atoms with van der Waals surface area (Å²) in [5.74, 6) is -2.46. The van der Waals surface area contributed by atoms with Crippen molar-refractivity contribution in [1.29, 1.82) is 0 Å². The first-order valence-electron chi connectivity index (χ1n) is 5.90. The minimum Gasteiger partial charge on any atom is -0.386 e. The highest BCUT2D eigenvalue weighted by molar-refractivity contribution is 6.35. The molecule has 0 aromatic heterocycles. The molecule has 2 aromatic carbocycles. The Morgan fingerprint density at radius 1 is 1.05 bits per heavy atom. The van der Waals surface area contributed by atoms with Gasteiger partial charge in [-0.05, 0) is 24.3 Å². The standard InChI is InChI=1S/C14H10Cl2F3NO/c15-8-4-7(5-9(16)14(8)19)20-6-12(21)13-10(17)2-1-3-11(13)18/h1-5,12,20-21H,6H2. The first-order valence-corrected chi connectivity index (χ1v) is 6.66. The SMILES string of the molecule is OC(CNc1cc(Cl)c(F)c(Cl)c1)c1c(F)cccc1F. The lowest BCUT2D eigenvalue weighted by Gasteiger charge is -2.15. The van der Waals surface area contributed by atoms with Crippen LogP contribution in [0.5, 0.6) is 0 Å². The predicted octanol–water partition coefficient (Wildman–Crippen LogP) is 4.56. The highest BCUT2D eigenvalue weighted by Crippen LogP contribution is 2.28. The molecular formula is C14H10Cl2F3NO. The van der Waals surface area contributed by atoms with E-state index in [2.05, 4.69) is 5.32 Å². The van der Waals surface area contributed by atoms with Gasteiger partial charge < -0.3 is 10.4 Å². The maximum absolute atomic E-state index is 13.5. The summed E-state index contributed by atoms with van der Waals surface area (Å²) < 4.78 is 40.2. The maximum atomic E-state index is 13.5. The maximum Gasteiger partial charge on any atom is 0.160 e. The number of nitrogens with one attached hydrogen (secondary N) is 1. The van der Waals surface area contributed by atoms with Gasteiger partial charge in [0.2, 0.25) is 0 Å². The summed E-state index contributed by atoms with van der Waals surface area (Å²) in [5.41, 5.74) is -0.119. The Labute approximate surface area is 129 Å². The first-order chi connectivity index (χ1) is 9.90. The summed E-state index contributed by atoms with van der Waals surface area (Å²) in [4.78, 5) is 0. The van der Waals surface area contributed by atoms with Crippen molar-refractivity contribution in [3.63, 3.8) is 0 Å². The van der Waals surface area contributed by atoms with Crippen molar-refractivity contribution in [1.82, 2.24) is 0 Å². The van der Waals surface area contributed by atoms with Crippen LogP contribution >= 0.6 is 23.2 Å². The molecule has 0 aliphatic carbocycles. The van der Waals surface area contributed by atoms with E-state index in [4.69, 9.17) is 23.2 Å². The highest BCUT2D eigenvalue weighted by atomic mass is 35.5. The Morgan fingerprint density at radius 3 is 2.10 bits per heavy atom. The fourth-order valence-corrected chi connectivity index (χ4v) is 2.29. The summed E-state index contributed by atoms with van der Waals surface area (Å²) in [7, 11) is 0. The van der Waals surface area contributed by atoms with Gasteiger partial charge in [-0.25, -0.2) is 13.2 Å². The molecule has 0 saturated carbocycles. The average Bonchev–Trinajstić information content (AvgIpc) is 2.42. The molecule has 0 saturated heterocycles. The van der Waals surface area contributed by atoms with Crippen LogP contribution in [0.25, 0.3) is 0 Å². The molecular weight excluding hydrogens is 326 g/mol. The lowest BCUT2D eigenvalue weighted by molar-refractivity contribution is 0.181. The van der Waals surface area contributed by atoms with E-state index in [-0.39, 0.29) is 16.6 Å². The molecule has 1 atom stereocenters. The fourth-order valence-electron chi connectivity index (χ4n) is 1.80. The number of anilines is 1. The summed E-state index contributed by atoms with van der Waals surface area (Å²) in [6, 6.07) is 5.81. The molecule has 2 rings (SSSR count). The van der Waals surface area contributed by atoms with Gasteiger partial charge in [-0.1, -0.05) is 29.3 Å². The molecule has 2 aromatic rings. The van der Waals surface area contributed by atoms with Crippen LogP contribution in [0, 0.1) is 17.5 Å². The van der Waals surface area contributed by atoms with Crippen molar-refractivity contribution in [3.05, 3.63) is 63.4 Å². The number of hydrogen-bond acceptors (Lipinski definition) is 2. The monoisotopic (exact) mass is 335 g/mol.